The lowest BCUT2D eigenvalue weighted by molar-refractivity contribution is -0.156. The topological polar surface area (TPSA) is 40.5 Å². The van der Waals surface area contributed by atoms with Gasteiger partial charge in [0.05, 0.1) is 12.2 Å². The zero-order valence-corrected chi connectivity index (χ0v) is 15.1. The Kier molecular flexibility index (Phi) is 3.74. The van der Waals surface area contributed by atoms with Crippen LogP contribution in [0.4, 0.5) is 0 Å². The molecule has 4 aliphatic rings. The number of aliphatic hydroxyl groups is 2. The molecule has 4 aliphatic carbocycles. The van der Waals surface area contributed by atoms with Crippen LogP contribution in [0.1, 0.15) is 72.1 Å². The van der Waals surface area contributed by atoms with Crippen molar-refractivity contribution in [2.75, 3.05) is 0 Å². The van der Waals surface area contributed by atoms with Gasteiger partial charge >= 0.3 is 0 Å². The summed E-state index contributed by atoms with van der Waals surface area (Å²) in [6.45, 7) is 6.96. The van der Waals surface area contributed by atoms with Crippen molar-refractivity contribution >= 4 is 0 Å². The first-order chi connectivity index (χ1) is 10.9. The summed E-state index contributed by atoms with van der Waals surface area (Å²) >= 11 is 0. The second-order valence-electron chi connectivity index (χ2n) is 9.58. The smallest absolute Gasteiger partial charge is 0.0596 e. The normalized spacial score (nSPS) is 57.7. The van der Waals surface area contributed by atoms with Crippen LogP contribution in [0.5, 0.6) is 0 Å². The second-order valence-corrected chi connectivity index (χ2v) is 9.58. The van der Waals surface area contributed by atoms with E-state index in [0.29, 0.717) is 23.2 Å². The standard InChI is InChI=1S/C21H34O2/c1-4-13-7-9-20(2)16-8-10-21(3)15(5-6-19(21)23)14(16)12-18(22)17(20)11-13/h4,14-19,22-23H,5-12H2,1-3H3/b13-4+/t14-,15-,16-,17+,18-,19-,20+,21-/m0/s1. The van der Waals surface area contributed by atoms with Crippen LogP contribution >= 0.6 is 0 Å². The van der Waals surface area contributed by atoms with E-state index in [2.05, 4.69) is 26.8 Å². The monoisotopic (exact) mass is 318 g/mol. The molecule has 4 saturated carbocycles. The van der Waals surface area contributed by atoms with Crippen molar-refractivity contribution in [3.05, 3.63) is 11.6 Å². The van der Waals surface area contributed by atoms with E-state index in [-0.39, 0.29) is 17.6 Å². The average Bonchev–Trinajstić information content (AvgIpc) is 2.83. The fourth-order valence-electron chi connectivity index (χ4n) is 7.38. The maximum atomic E-state index is 11.0. The van der Waals surface area contributed by atoms with Gasteiger partial charge in [-0.05, 0) is 92.8 Å². The number of hydrogen-bond acceptors (Lipinski definition) is 2. The highest BCUT2D eigenvalue weighted by Crippen LogP contribution is 2.66. The van der Waals surface area contributed by atoms with Crippen LogP contribution in [-0.2, 0) is 0 Å². The molecule has 0 aliphatic heterocycles. The average molecular weight is 319 g/mol. The molecule has 0 bridgehead atoms. The predicted octanol–water partition coefficient (Wildman–Crippen LogP) is 4.31. The van der Waals surface area contributed by atoms with Gasteiger partial charge in [-0.2, -0.15) is 0 Å². The van der Waals surface area contributed by atoms with E-state index >= 15 is 0 Å². The molecule has 0 aromatic carbocycles. The summed E-state index contributed by atoms with van der Waals surface area (Å²) in [5.41, 5.74) is 1.98. The summed E-state index contributed by atoms with van der Waals surface area (Å²) in [6, 6.07) is 0. The summed E-state index contributed by atoms with van der Waals surface area (Å²) in [4.78, 5) is 0. The molecule has 8 atom stereocenters. The maximum Gasteiger partial charge on any atom is 0.0596 e. The van der Waals surface area contributed by atoms with Gasteiger partial charge in [0.25, 0.3) is 0 Å². The van der Waals surface area contributed by atoms with E-state index < -0.39 is 0 Å². The van der Waals surface area contributed by atoms with Gasteiger partial charge in [0, 0.05) is 0 Å². The van der Waals surface area contributed by atoms with Gasteiger partial charge < -0.3 is 10.2 Å². The first-order valence-electron chi connectivity index (χ1n) is 9.90. The Morgan fingerprint density at radius 1 is 0.957 bits per heavy atom. The van der Waals surface area contributed by atoms with Gasteiger partial charge in [-0.3, -0.25) is 0 Å². The molecule has 0 aromatic heterocycles. The van der Waals surface area contributed by atoms with Crippen LogP contribution in [0.25, 0.3) is 0 Å². The van der Waals surface area contributed by atoms with Gasteiger partial charge in [-0.25, -0.2) is 0 Å². The van der Waals surface area contributed by atoms with Crippen molar-refractivity contribution in [1.82, 2.24) is 0 Å². The highest BCUT2D eigenvalue weighted by molar-refractivity contribution is 5.16. The molecular weight excluding hydrogens is 284 g/mol. The first kappa shape index (κ1) is 16.1. The molecule has 0 spiro atoms. The minimum Gasteiger partial charge on any atom is -0.393 e. The molecular formula is C21H34O2. The minimum atomic E-state index is -0.142. The summed E-state index contributed by atoms with van der Waals surface area (Å²) < 4.78 is 0. The fourth-order valence-corrected chi connectivity index (χ4v) is 7.38. The third-order valence-electron chi connectivity index (χ3n) is 8.93. The van der Waals surface area contributed by atoms with Crippen LogP contribution in [0.3, 0.4) is 0 Å². The largest absolute Gasteiger partial charge is 0.393 e. The van der Waals surface area contributed by atoms with E-state index in [9.17, 15) is 10.2 Å². The van der Waals surface area contributed by atoms with Gasteiger partial charge in [-0.15, -0.1) is 0 Å². The van der Waals surface area contributed by atoms with E-state index in [1.807, 2.05) is 0 Å². The molecule has 0 saturated heterocycles. The Balaban J connectivity index is 1.66. The molecule has 0 aromatic rings. The molecule has 0 amide bonds. The van der Waals surface area contributed by atoms with Crippen LogP contribution < -0.4 is 0 Å². The van der Waals surface area contributed by atoms with Crippen molar-refractivity contribution < 1.29 is 10.2 Å². The highest BCUT2D eigenvalue weighted by atomic mass is 16.3. The Morgan fingerprint density at radius 3 is 2.43 bits per heavy atom. The molecule has 4 rings (SSSR count). The SMILES string of the molecule is C/C=C1\CC[C@@]2(C)[C@H](C1)[C@@H](O)C[C@@H]1[C@@H]2CC[C@]2(C)[C@@H](O)CC[C@@H]12. The number of fused-ring (bicyclic) bond motifs is 5. The molecule has 2 N–H and O–H groups in total. The maximum absolute atomic E-state index is 11.0. The lowest BCUT2D eigenvalue weighted by atomic mass is 9.44. The van der Waals surface area contributed by atoms with Crippen LogP contribution in [0, 0.1) is 34.5 Å². The summed E-state index contributed by atoms with van der Waals surface area (Å²) in [5, 5.41) is 21.5. The molecule has 23 heavy (non-hydrogen) atoms. The van der Waals surface area contributed by atoms with Crippen LogP contribution in [0.15, 0.2) is 11.6 Å². The first-order valence-corrected chi connectivity index (χ1v) is 9.90. The van der Waals surface area contributed by atoms with Gasteiger partial charge in [0.1, 0.15) is 0 Å². The van der Waals surface area contributed by atoms with Crippen LogP contribution in [0.2, 0.25) is 0 Å². The van der Waals surface area contributed by atoms with Gasteiger partial charge in [0.15, 0.2) is 0 Å². The fraction of sp³-hybridized carbons (Fsp3) is 0.905. The third kappa shape index (κ3) is 2.13. The molecule has 4 fully saturated rings. The number of rotatable bonds is 0. The van der Waals surface area contributed by atoms with E-state index in [4.69, 9.17) is 0 Å². The number of aliphatic hydroxyl groups excluding tert-OH is 2. The molecule has 0 unspecified atom stereocenters. The molecule has 0 radical (unpaired) electrons. The summed E-state index contributed by atoms with van der Waals surface area (Å²) in [5.74, 6) is 2.48. The zero-order chi connectivity index (χ0) is 16.4. The van der Waals surface area contributed by atoms with Crippen molar-refractivity contribution in [2.45, 2.75) is 84.3 Å². The van der Waals surface area contributed by atoms with E-state index in [0.717, 1.165) is 25.2 Å². The molecule has 0 heterocycles. The van der Waals surface area contributed by atoms with Crippen molar-refractivity contribution in [1.29, 1.82) is 0 Å². The van der Waals surface area contributed by atoms with E-state index in [1.54, 1.807) is 5.57 Å². The summed E-state index contributed by atoms with van der Waals surface area (Å²) in [7, 11) is 0. The summed E-state index contributed by atoms with van der Waals surface area (Å²) in [6.07, 6.45) is 11.2. The van der Waals surface area contributed by atoms with Gasteiger partial charge in [-0.1, -0.05) is 25.5 Å². The Morgan fingerprint density at radius 2 is 1.70 bits per heavy atom. The predicted molar refractivity (Wildman–Crippen MR) is 92.9 cm³/mol. The molecule has 2 nitrogen and oxygen atoms in total. The number of allylic oxidation sites excluding steroid dienone is 2. The quantitative estimate of drug-likeness (QED) is 0.654. The molecule has 130 valence electrons. The highest BCUT2D eigenvalue weighted by Gasteiger charge is 2.61. The minimum absolute atomic E-state index is 0.114. The lowest BCUT2D eigenvalue weighted by Gasteiger charge is -2.61. The van der Waals surface area contributed by atoms with E-state index in [1.165, 1.54) is 32.1 Å². The van der Waals surface area contributed by atoms with Gasteiger partial charge in [0.2, 0.25) is 0 Å². The van der Waals surface area contributed by atoms with Crippen LogP contribution in [-0.4, -0.2) is 22.4 Å². The lowest BCUT2D eigenvalue weighted by Crippen LogP contribution is -2.57. The Labute approximate surface area is 141 Å². The zero-order valence-electron chi connectivity index (χ0n) is 15.1. The van der Waals surface area contributed by atoms with Crippen molar-refractivity contribution in [3.8, 4) is 0 Å². The molecule has 2 heteroatoms. The van der Waals surface area contributed by atoms with Crippen molar-refractivity contribution in [3.63, 3.8) is 0 Å². The number of hydrogen-bond donors (Lipinski definition) is 2. The van der Waals surface area contributed by atoms with Crippen molar-refractivity contribution in [2.24, 2.45) is 34.5 Å². The Bertz CT molecular complexity index is 512. The second kappa shape index (κ2) is 5.33. The Hall–Kier alpha value is -0.340. The third-order valence-corrected chi connectivity index (χ3v) is 8.93.